The Kier molecular flexibility index (Phi) is 4.86. The monoisotopic (exact) mass is 299 g/mol. The van der Waals surface area contributed by atoms with E-state index in [9.17, 15) is 14.4 Å². The summed E-state index contributed by atoms with van der Waals surface area (Å²) in [5.41, 5.74) is 4.27. The third kappa shape index (κ3) is 4.34. The number of carboxylic acid groups (broad SMARTS) is 1. The molecule has 0 aliphatic carbocycles. The Balaban J connectivity index is 2.71. The average molecular weight is 299 g/mol. The summed E-state index contributed by atoms with van der Waals surface area (Å²) in [5.74, 6) is -1.38. The highest BCUT2D eigenvalue weighted by molar-refractivity contribution is 5.83. The van der Waals surface area contributed by atoms with Gasteiger partial charge in [0.25, 0.3) is 0 Å². The Morgan fingerprint density at radius 1 is 1.38 bits per heavy atom. The van der Waals surface area contributed by atoms with Crippen LogP contribution in [0, 0.1) is 10.8 Å². The molecular formula is C14H25N3O4. The largest absolute Gasteiger partial charge is 0.481 e. The first-order chi connectivity index (χ1) is 9.45. The first-order valence-electron chi connectivity index (χ1n) is 7.03. The first kappa shape index (κ1) is 17.3. The maximum Gasteiger partial charge on any atom is 0.317 e. The van der Waals surface area contributed by atoms with Crippen LogP contribution in [0.15, 0.2) is 0 Å². The van der Waals surface area contributed by atoms with Crippen molar-refractivity contribution in [2.45, 2.75) is 46.6 Å². The fraction of sp³-hybridized carbons (Fsp3) is 0.786. The smallest absolute Gasteiger partial charge is 0.317 e. The zero-order chi connectivity index (χ0) is 16.4. The number of carbonyl (C=O) groups is 3. The summed E-state index contributed by atoms with van der Waals surface area (Å²) >= 11 is 0. The van der Waals surface area contributed by atoms with Crippen molar-refractivity contribution in [2.75, 3.05) is 13.1 Å². The Morgan fingerprint density at radius 3 is 2.33 bits per heavy atom. The molecule has 0 radical (unpaired) electrons. The van der Waals surface area contributed by atoms with Gasteiger partial charge >= 0.3 is 12.0 Å². The van der Waals surface area contributed by atoms with Crippen LogP contribution in [0.25, 0.3) is 0 Å². The molecule has 2 unspecified atom stereocenters. The number of primary amides is 1. The third-order valence-corrected chi connectivity index (χ3v) is 4.08. The Labute approximate surface area is 124 Å². The Bertz CT molecular complexity index is 444. The molecule has 0 aromatic carbocycles. The highest BCUT2D eigenvalue weighted by Crippen LogP contribution is 2.30. The number of rotatable bonds is 4. The van der Waals surface area contributed by atoms with Crippen LogP contribution in [0.5, 0.6) is 0 Å². The van der Waals surface area contributed by atoms with Crippen LogP contribution in [0.4, 0.5) is 4.79 Å². The molecule has 0 aromatic heterocycles. The number of likely N-dealkylation sites (tertiary alicyclic amines) is 1. The van der Waals surface area contributed by atoms with Crippen LogP contribution in [-0.4, -0.2) is 47.0 Å². The highest BCUT2D eigenvalue weighted by atomic mass is 16.4. The molecule has 7 nitrogen and oxygen atoms in total. The molecule has 1 rings (SSSR count). The first-order valence-corrected chi connectivity index (χ1v) is 7.03. The van der Waals surface area contributed by atoms with Crippen LogP contribution >= 0.6 is 0 Å². The van der Waals surface area contributed by atoms with E-state index < -0.39 is 23.3 Å². The summed E-state index contributed by atoms with van der Waals surface area (Å²) in [4.78, 5) is 36.1. The van der Waals surface area contributed by atoms with Crippen molar-refractivity contribution in [3.05, 3.63) is 0 Å². The summed E-state index contributed by atoms with van der Waals surface area (Å²) in [6, 6.07) is -0.830. The maximum absolute atomic E-state index is 12.3. The number of hydrogen-bond acceptors (Lipinski definition) is 3. The van der Waals surface area contributed by atoms with Gasteiger partial charge in [-0.2, -0.15) is 0 Å². The van der Waals surface area contributed by atoms with E-state index in [4.69, 9.17) is 10.8 Å². The average Bonchev–Trinajstić information content (AvgIpc) is 2.70. The van der Waals surface area contributed by atoms with E-state index in [0.717, 1.165) is 0 Å². The molecule has 0 aromatic rings. The molecule has 1 aliphatic heterocycles. The van der Waals surface area contributed by atoms with Crippen molar-refractivity contribution in [1.82, 2.24) is 10.2 Å². The van der Waals surface area contributed by atoms with Crippen molar-refractivity contribution in [3.63, 3.8) is 0 Å². The highest BCUT2D eigenvalue weighted by Gasteiger charge is 2.41. The van der Waals surface area contributed by atoms with Crippen molar-refractivity contribution < 1.29 is 19.5 Å². The van der Waals surface area contributed by atoms with Gasteiger partial charge in [0.1, 0.15) is 0 Å². The van der Waals surface area contributed by atoms with Gasteiger partial charge in [-0.3, -0.25) is 9.59 Å². The van der Waals surface area contributed by atoms with Crippen LogP contribution in [0.1, 0.15) is 40.5 Å². The third-order valence-electron chi connectivity index (χ3n) is 4.08. The minimum absolute atomic E-state index is 0.143. The molecule has 0 spiro atoms. The number of carboxylic acids is 1. The molecule has 1 saturated heterocycles. The molecule has 4 N–H and O–H groups in total. The summed E-state index contributed by atoms with van der Waals surface area (Å²) in [6.45, 7) is 8.06. The predicted molar refractivity (Wildman–Crippen MR) is 77.5 cm³/mol. The zero-order valence-electron chi connectivity index (χ0n) is 13.1. The normalized spacial score (nSPS) is 23.7. The van der Waals surface area contributed by atoms with Crippen LogP contribution in [-0.2, 0) is 9.59 Å². The molecule has 1 aliphatic rings. The van der Waals surface area contributed by atoms with Gasteiger partial charge in [0.15, 0.2) is 0 Å². The molecule has 21 heavy (non-hydrogen) atoms. The number of nitrogens with zero attached hydrogens (tertiary/aromatic N) is 1. The minimum atomic E-state index is -0.960. The number of nitrogens with two attached hydrogens (primary N) is 1. The quantitative estimate of drug-likeness (QED) is 0.712. The second kappa shape index (κ2) is 5.91. The lowest BCUT2D eigenvalue weighted by Gasteiger charge is -2.32. The molecule has 7 heteroatoms. The van der Waals surface area contributed by atoms with Gasteiger partial charge in [0.05, 0.1) is 11.8 Å². The van der Waals surface area contributed by atoms with E-state index >= 15 is 0 Å². The molecule has 3 amide bonds. The lowest BCUT2D eigenvalue weighted by Crippen LogP contribution is -2.50. The van der Waals surface area contributed by atoms with Gasteiger partial charge < -0.3 is 21.1 Å². The van der Waals surface area contributed by atoms with Crippen molar-refractivity contribution in [1.29, 1.82) is 0 Å². The van der Waals surface area contributed by atoms with Crippen molar-refractivity contribution >= 4 is 17.9 Å². The summed E-state index contributed by atoms with van der Waals surface area (Å²) in [6.07, 6.45) is 0.380. The van der Waals surface area contributed by atoms with Gasteiger partial charge in [-0.05, 0) is 18.8 Å². The number of hydrogen-bond donors (Lipinski definition) is 3. The lowest BCUT2D eigenvalue weighted by molar-refractivity contribution is -0.138. The SMILES string of the molecule is CC1(C(N)=O)CCN(C(=O)NC(CC(=O)O)C(C)(C)C)C1. The fourth-order valence-electron chi connectivity index (χ4n) is 2.32. The van der Waals surface area contributed by atoms with Gasteiger partial charge in [-0.15, -0.1) is 0 Å². The van der Waals surface area contributed by atoms with Crippen molar-refractivity contribution in [2.24, 2.45) is 16.6 Å². The fourth-order valence-corrected chi connectivity index (χ4v) is 2.32. The topological polar surface area (TPSA) is 113 Å². The van der Waals surface area contributed by atoms with Gasteiger partial charge in [-0.25, -0.2) is 4.79 Å². The summed E-state index contributed by atoms with van der Waals surface area (Å²) < 4.78 is 0. The number of nitrogens with one attached hydrogen (secondary N) is 1. The standard InChI is InChI=1S/C14H25N3O4/c1-13(2,3)9(7-10(18)19)16-12(21)17-6-5-14(4,8-17)11(15)20/h9H,5-8H2,1-4H3,(H2,15,20)(H,16,21)(H,18,19). The van der Waals surface area contributed by atoms with Gasteiger partial charge in [-0.1, -0.05) is 20.8 Å². The molecule has 0 bridgehead atoms. The molecule has 120 valence electrons. The van der Waals surface area contributed by atoms with E-state index in [-0.39, 0.29) is 24.4 Å². The van der Waals surface area contributed by atoms with Crippen LogP contribution in [0.2, 0.25) is 0 Å². The van der Waals surface area contributed by atoms with E-state index in [0.29, 0.717) is 13.0 Å². The molecule has 1 fully saturated rings. The Morgan fingerprint density at radius 2 is 1.95 bits per heavy atom. The lowest BCUT2D eigenvalue weighted by atomic mass is 9.85. The molecule has 1 heterocycles. The van der Waals surface area contributed by atoms with Gasteiger partial charge in [0, 0.05) is 19.1 Å². The summed E-state index contributed by atoms with van der Waals surface area (Å²) in [5, 5.41) is 11.7. The second-order valence-electron chi connectivity index (χ2n) is 7.06. The van der Waals surface area contributed by atoms with Crippen molar-refractivity contribution in [3.8, 4) is 0 Å². The van der Waals surface area contributed by atoms with E-state index in [1.807, 2.05) is 20.8 Å². The zero-order valence-corrected chi connectivity index (χ0v) is 13.1. The van der Waals surface area contributed by atoms with Gasteiger partial charge in [0.2, 0.25) is 5.91 Å². The minimum Gasteiger partial charge on any atom is -0.481 e. The second-order valence-corrected chi connectivity index (χ2v) is 7.06. The molecular weight excluding hydrogens is 274 g/mol. The number of aliphatic carboxylic acids is 1. The van der Waals surface area contributed by atoms with Crippen LogP contribution in [0.3, 0.4) is 0 Å². The summed E-state index contributed by atoms with van der Waals surface area (Å²) in [7, 11) is 0. The maximum atomic E-state index is 12.3. The molecule has 2 atom stereocenters. The number of amides is 3. The van der Waals surface area contributed by atoms with E-state index in [2.05, 4.69) is 5.32 Å². The van der Waals surface area contributed by atoms with E-state index in [1.165, 1.54) is 4.90 Å². The van der Waals surface area contributed by atoms with E-state index in [1.54, 1.807) is 6.92 Å². The number of urea groups is 1. The molecule has 0 saturated carbocycles. The van der Waals surface area contributed by atoms with Crippen LogP contribution < -0.4 is 11.1 Å². The predicted octanol–water partition coefficient (Wildman–Crippen LogP) is 0.783. The Hall–Kier alpha value is -1.79. The number of carbonyl (C=O) groups excluding carboxylic acids is 2.